The summed E-state index contributed by atoms with van der Waals surface area (Å²) in [7, 11) is 0. The van der Waals surface area contributed by atoms with E-state index in [4.69, 9.17) is 10.2 Å². The summed E-state index contributed by atoms with van der Waals surface area (Å²) in [5, 5.41) is 3.10. The number of furan rings is 1. The van der Waals surface area contributed by atoms with Crippen LogP contribution in [0.25, 0.3) is 0 Å². The van der Waals surface area contributed by atoms with Gasteiger partial charge in [-0.05, 0) is 50.9 Å². The van der Waals surface area contributed by atoms with Crippen molar-refractivity contribution in [2.75, 3.05) is 19.6 Å². The van der Waals surface area contributed by atoms with E-state index in [1.807, 2.05) is 12.1 Å². The molecule has 1 saturated heterocycles. The van der Waals surface area contributed by atoms with Gasteiger partial charge in [0.2, 0.25) is 5.91 Å². The minimum atomic E-state index is -0.0131. The summed E-state index contributed by atoms with van der Waals surface area (Å²) >= 11 is 0. The van der Waals surface area contributed by atoms with E-state index in [2.05, 4.69) is 10.2 Å². The second kappa shape index (κ2) is 6.62. The fourth-order valence-corrected chi connectivity index (χ4v) is 3.59. The standard InChI is InChI=1S/C16H25N3O2/c17-13-6-3-5-12(13)16(20)18-11-14(15-7-4-10-21-15)19-8-1-2-9-19/h4,7,10,12-14H,1-3,5-6,8-9,11,17H2,(H,18,20). The first kappa shape index (κ1) is 14.6. The van der Waals surface area contributed by atoms with Gasteiger partial charge in [-0.1, -0.05) is 6.42 Å². The highest BCUT2D eigenvalue weighted by atomic mass is 16.3. The molecule has 1 aromatic heterocycles. The Labute approximate surface area is 125 Å². The molecule has 21 heavy (non-hydrogen) atoms. The maximum Gasteiger partial charge on any atom is 0.224 e. The van der Waals surface area contributed by atoms with Crippen molar-refractivity contribution in [3.63, 3.8) is 0 Å². The number of likely N-dealkylation sites (tertiary alicyclic amines) is 1. The molecule has 2 heterocycles. The van der Waals surface area contributed by atoms with E-state index in [0.29, 0.717) is 6.54 Å². The molecule has 3 N–H and O–H groups in total. The van der Waals surface area contributed by atoms with Crippen molar-refractivity contribution in [2.24, 2.45) is 11.7 Å². The van der Waals surface area contributed by atoms with Gasteiger partial charge in [-0.2, -0.15) is 0 Å². The first-order chi connectivity index (χ1) is 10.3. The number of amides is 1. The summed E-state index contributed by atoms with van der Waals surface area (Å²) in [4.78, 5) is 14.7. The van der Waals surface area contributed by atoms with E-state index in [-0.39, 0.29) is 23.9 Å². The second-order valence-corrected chi connectivity index (χ2v) is 6.22. The lowest BCUT2D eigenvalue weighted by molar-refractivity contribution is -0.125. The van der Waals surface area contributed by atoms with Gasteiger partial charge in [-0.25, -0.2) is 0 Å². The molecule has 1 aliphatic carbocycles. The molecular weight excluding hydrogens is 266 g/mol. The Kier molecular flexibility index (Phi) is 4.60. The number of rotatable bonds is 5. The van der Waals surface area contributed by atoms with Crippen LogP contribution in [0.3, 0.4) is 0 Å². The van der Waals surface area contributed by atoms with Gasteiger partial charge in [0, 0.05) is 12.6 Å². The Morgan fingerprint density at radius 3 is 2.81 bits per heavy atom. The Morgan fingerprint density at radius 2 is 2.19 bits per heavy atom. The highest BCUT2D eigenvalue weighted by Gasteiger charge is 2.32. The predicted molar refractivity (Wildman–Crippen MR) is 80.6 cm³/mol. The normalized spacial score (nSPS) is 27.9. The van der Waals surface area contributed by atoms with Crippen LogP contribution in [0.5, 0.6) is 0 Å². The van der Waals surface area contributed by atoms with Crippen molar-refractivity contribution in [3.05, 3.63) is 24.2 Å². The van der Waals surface area contributed by atoms with Crippen LogP contribution in [0.4, 0.5) is 0 Å². The maximum atomic E-state index is 12.3. The number of nitrogens with two attached hydrogens (primary N) is 1. The largest absolute Gasteiger partial charge is 0.468 e. The molecule has 0 radical (unpaired) electrons. The third-order valence-electron chi connectivity index (χ3n) is 4.83. The van der Waals surface area contributed by atoms with Gasteiger partial charge in [0.25, 0.3) is 0 Å². The number of nitrogens with one attached hydrogen (secondary N) is 1. The number of hydrogen-bond donors (Lipinski definition) is 2. The van der Waals surface area contributed by atoms with E-state index in [1.165, 1.54) is 12.8 Å². The molecular formula is C16H25N3O2. The molecule has 3 rings (SSSR count). The summed E-state index contributed by atoms with van der Waals surface area (Å²) in [6.45, 7) is 2.75. The zero-order chi connectivity index (χ0) is 14.7. The fourth-order valence-electron chi connectivity index (χ4n) is 3.59. The quantitative estimate of drug-likeness (QED) is 0.865. The fraction of sp³-hybridized carbons (Fsp3) is 0.688. The van der Waals surface area contributed by atoms with Crippen molar-refractivity contribution >= 4 is 5.91 Å². The van der Waals surface area contributed by atoms with Gasteiger partial charge in [0.05, 0.1) is 18.2 Å². The predicted octanol–water partition coefficient (Wildman–Crippen LogP) is 1.66. The molecule has 0 bridgehead atoms. The molecule has 1 aliphatic heterocycles. The summed E-state index contributed by atoms with van der Waals surface area (Å²) in [5.41, 5.74) is 6.01. The lowest BCUT2D eigenvalue weighted by Crippen LogP contribution is -2.42. The monoisotopic (exact) mass is 291 g/mol. The molecule has 2 aliphatic rings. The second-order valence-electron chi connectivity index (χ2n) is 6.22. The van der Waals surface area contributed by atoms with Crippen LogP contribution < -0.4 is 11.1 Å². The molecule has 0 aromatic carbocycles. The topological polar surface area (TPSA) is 71.5 Å². The molecule has 3 atom stereocenters. The number of nitrogens with zero attached hydrogens (tertiary/aromatic N) is 1. The van der Waals surface area contributed by atoms with E-state index in [0.717, 1.165) is 38.1 Å². The lowest BCUT2D eigenvalue weighted by atomic mass is 10.0. The molecule has 3 unspecified atom stereocenters. The van der Waals surface area contributed by atoms with E-state index >= 15 is 0 Å². The molecule has 5 nitrogen and oxygen atoms in total. The van der Waals surface area contributed by atoms with Crippen LogP contribution in [0, 0.1) is 5.92 Å². The van der Waals surface area contributed by atoms with Crippen LogP contribution in [-0.2, 0) is 4.79 Å². The van der Waals surface area contributed by atoms with E-state index < -0.39 is 0 Å². The number of carbonyl (C=O) groups is 1. The maximum absolute atomic E-state index is 12.3. The van der Waals surface area contributed by atoms with Gasteiger partial charge < -0.3 is 15.5 Å². The van der Waals surface area contributed by atoms with Crippen LogP contribution in [0.15, 0.2) is 22.8 Å². The van der Waals surface area contributed by atoms with Crippen molar-refractivity contribution in [1.82, 2.24) is 10.2 Å². The SMILES string of the molecule is NC1CCCC1C(=O)NCC(c1ccco1)N1CCCC1. The number of carbonyl (C=O) groups excluding carboxylic acids is 1. The van der Waals surface area contributed by atoms with Gasteiger partial charge in [0.15, 0.2) is 0 Å². The summed E-state index contributed by atoms with van der Waals surface area (Å²) in [6.07, 6.45) is 7.09. The Hall–Kier alpha value is -1.33. The van der Waals surface area contributed by atoms with Crippen LogP contribution in [0.1, 0.15) is 43.9 Å². The highest BCUT2D eigenvalue weighted by molar-refractivity contribution is 5.79. The Morgan fingerprint density at radius 1 is 1.38 bits per heavy atom. The van der Waals surface area contributed by atoms with Gasteiger partial charge in [-0.3, -0.25) is 9.69 Å². The van der Waals surface area contributed by atoms with Crippen molar-refractivity contribution in [3.8, 4) is 0 Å². The summed E-state index contributed by atoms with van der Waals surface area (Å²) in [5.74, 6) is 1.03. The van der Waals surface area contributed by atoms with Crippen molar-refractivity contribution < 1.29 is 9.21 Å². The molecule has 1 saturated carbocycles. The third-order valence-corrected chi connectivity index (χ3v) is 4.83. The zero-order valence-corrected chi connectivity index (χ0v) is 12.5. The van der Waals surface area contributed by atoms with Crippen LogP contribution >= 0.6 is 0 Å². The smallest absolute Gasteiger partial charge is 0.224 e. The van der Waals surface area contributed by atoms with Gasteiger partial charge >= 0.3 is 0 Å². The summed E-state index contributed by atoms with van der Waals surface area (Å²) in [6, 6.07) is 4.08. The lowest BCUT2D eigenvalue weighted by Gasteiger charge is -2.27. The van der Waals surface area contributed by atoms with Crippen molar-refractivity contribution in [2.45, 2.75) is 44.2 Å². The molecule has 1 aromatic rings. The molecule has 116 valence electrons. The van der Waals surface area contributed by atoms with Gasteiger partial charge in [-0.15, -0.1) is 0 Å². The Bertz CT molecular complexity index is 454. The van der Waals surface area contributed by atoms with Gasteiger partial charge in [0.1, 0.15) is 5.76 Å². The summed E-state index contributed by atoms with van der Waals surface area (Å²) < 4.78 is 5.57. The van der Waals surface area contributed by atoms with Crippen LogP contribution in [0.2, 0.25) is 0 Å². The van der Waals surface area contributed by atoms with E-state index in [9.17, 15) is 4.79 Å². The van der Waals surface area contributed by atoms with Crippen LogP contribution in [-0.4, -0.2) is 36.5 Å². The van der Waals surface area contributed by atoms with E-state index in [1.54, 1.807) is 6.26 Å². The average Bonchev–Trinajstić information content (AvgIpc) is 3.21. The first-order valence-electron chi connectivity index (χ1n) is 8.06. The minimum Gasteiger partial charge on any atom is -0.468 e. The average molecular weight is 291 g/mol. The van der Waals surface area contributed by atoms with Crippen molar-refractivity contribution in [1.29, 1.82) is 0 Å². The molecule has 1 amide bonds. The molecule has 5 heteroatoms. The first-order valence-corrected chi connectivity index (χ1v) is 8.06. The Balaban J connectivity index is 1.60. The third kappa shape index (κ3) is 3.30. The number of hydrogen-bond acceptors (Lipinski definition) is 4. The zero-order valence-electron chi connectivity index (χ0n) is 12.5. The minimum absolute atomic E-state index is 0.0131. The highest BCUT2D eigenvalue weighted by Crippen LogP contribution is 2.26. The molecule has 2 fully saturated rings. The molecule has 0 spiro atoms.